The predicted octanol–water partition coefficient (Wildman–Crippen LogP) is 2.98. The first kappa shape index (κ1) is 14.1. The van der Waals surface area contributed by atoms with Crippen molar-refractivity contribution in [3.63, 3.8) is 0 Å². The van der Waals surface area contributed by atoms with Gasteiger partial charge < -0.3 is 14.8 Å². The number of aryl methyl sites for hydroxylation is 1. The van der Waals surface area contributed by atoms with Crippen LogP contribution in [-0.2, 0) is 0 Å². The molecule has 1 aromatic carbocycles. The summed E-state index contributed by atoms with van der Waals surface area (Å²) in [6.07, 6.45) is 0. The van der Waals surface area contributed by atoms with Crippen LogP contribution >= 0.6 is 0 Å². The first-order valence-electron chi connectivity index (χ1n) is 6.42. The van der Waals surface area contributed by atoms with Crippen LogP contribution in [0.5, 0.6) is 11.8 Å². The Kier molecular flexibility index (Phi) is 4.40. The molecule has 1 unspecified atom stereocenters. The molecular formula is C15H19N3O2. The van der Waals surface area contributed by atoms with Crippen molar-refractivity contribution in [2.24, 2.45) is 0 Å². The van der Waals surface area contributed by atoms with Crippen LogP contribution in [0.4, 0.5) is 5.95 Å². The maximum atomic E-state index is 5.13. The Hall–Kier alpha value is -2.30. The van der Waals surface area contributed by atoms with Crippen molar-refractivity contribution in [1.29, 1.82) is 0 Å². The Labute approximate surface area is 119 Å². The minimum Gasteiger partial charge on any atom is -0.481 e. The number of hydrogen-bond acceptors (Lipinski definition) is 5. The summed E-state index contributed by atoms with van der Waals surface area (Å²) in [5, 5.41) is 3.24. The van der Waals surface area contributed by atoms with Gasteiger partial charge in [0.25, 0.3) is 0 Å². The summed E-state index contributed by atoms with van der Waals surface area (Å²) in [4.78, 5) is 8.52. The van der Waals surface area contributed by atoms with Crippen LogP contribution in [0.1, 0.15) is 24.1 Å². The van der Waals surface area contributed by atoms with Crippen molar-refractivity contribution in [2.75, 3.05) is 19.5 Å². The fraction of sp³-hybridized carbons (Fsp3) is 0.333. The first-order chi connectivity index (χ1) is 9.62. The van der Waals surface area contributed by atoms with Crippen LogP contribution < -0.4 is 14.8 Å². The third-order valence-corrected chi connectivity index (χ3v) is 3.02. The van der Waals surface area contributed by atoms with Gasteiger partial charge in [0.05, 0.1) is 26.3 Å². The second-order valence-electron chi connectivity index (χ2n) is 4.55. The molecule has 0 spiro atoms. The highest BCUT2D eigenvalue weighted by Gasteiger charge is 2.10. The van der Waals surface area contributed by atoms with Crippen molar-refractivity contribution in [3.05, 3.63) is 41.5 Å². The van der Waals surface area contributed by atoms with Crippen LogP contribution in [-0.4, -0.2) is 24.2 Å². The van der Waals surface area contributed by atoms with E-state index in [1.54, 1.807) is 20.3 Å². The summed E-state index contributed by atoms with van der Waals surface area (Å²) in [5.74, 6) is 1.42. The normalized spacial score (nSPS) is 11.8. The van der Waals surface area contributed by atoms with Crippen molar-refractivity contribution in [2.45, 2.75) is 19.9 Å². The number of aromatic nitrogens is 2. The number of methoxy groups -OCH3 is 2. The summed E-state index contributed by atoms with van der Waals surface area (Å²) >= 11 is 0. The van der Waals surface area contributed by atoms with Gasteiger partial charge in [0, 0.05) is 0 Å². The first-order valence-corrected chi connectivity index (χ1v) is 6.42. The van der Waals surface area contributed by atoms with E-state index in [-0.39, 0.29) is 6.04 Å². The lowest BCUT2D eigenvalue weighted by Gasteiger charge is -2.15. The molecule has 0 aliphatic heterocycles. The molecule has 0 radical (unpaired) electrons. The molecule has 0 aliphatic carbocycles. The van der Waals surface area contributed by atoms with Gasteiger partial charge in [0.1, 0.15) is 0 Å². The van der Waals surface area contributed by atoms with Crippen molar-refractivity contribution >= 4 is 5.95 Å². The lowest BCUT2D eigenvalue weighted by molar-refractivity contribution is 0.372. The molecule has 5 nitrogen and oxygen atoms in total. The van der Waals surface area contributed by atoms with E-state index in [1.165, 1.54) is 11.1 Å². The molecule has 1 N–H and O–H groups in total. The average molecular weight is 273 g/mol. The standard InChI is InChI=1S/C15H19N3O2/c1-10-5-7-12(8-6-10)11(2)16-15-17-13(19-3)9-14(18-15)20-4/h5-9,11H,1-4H3,(H,16,17,18). The predicted molar refractivity (Wildman–Crippen MR) is 78.4 cm³/mol. The summed E-state index contributed by atoms with van der Waals surface area (Å²) in [6, 6.07) is 10.1. The largest absolute Gasteiger partial charge is 0.481 e. The lowest BCUT2D eigenvalue weighted by Crippen LogP contribution is -2.10. The molecule has 0 saturated heterocycles. The van der Waals surface area contributed by atoms with Crippen molar-refractivity contribution in [3.8, 4) is 11.8 Å². The molecule has 1 aromatic heterocycles. The van der Waals surface area contributed by atoms with Gasteiger partial charge in [-0.1, -0.05) is 29.8 Å². The zero-order valence-electron chi connectivity index (χ0n) is 12.2. The fourth-order valence-corrected chi connectivity index (χ4v) is 1.81. The zero-order chi connectivity index (χ0) is 14.5. The molecule has 106 valence electrons. The summed E-state index contributed by atoms with van der Waals surface area (Å²) < 4.78 is 10.3. The molecule has 0 fully saturated rings. The van der Waals surface area contributed by atoms with E-state index < -0.39 is 0 Å². The maximum absolute atomic E-state index is 5.13. The van der Waals surface area contributed by atoms with Gasteiger partial charge in [0.15, 0.2) is 0 Å². The second kappa shape index (κ2) is 6.23. The number of nitrogens with zero attached hydrogens (tertiary/aromatic N) is 2. The third kappa shape index (κ3) is 3.38. The van der Waals surface area contributed by atoms with Crippen LogP contribution in [0, 0.1) is 6.92 Å². The Balaban J connectivity index is 2.18. The lowest BCUT2D eigenvalue weighted by atomic mass is 10.1. The Morgan fingerprint density at radius 2 is 1.55 bits per heavy atom. The van der Waals surface area contributed by atoms with E-state index in [1.807, 2.05) is 0 Å². The maximum Gasteiger partial charge on any atom is 0.229 e. The Morgan fingerprint density at radius 1 is 1.00 bits per heavy atom. The molecule has 5 heteroatoms. The van der Waals surface area contributed by atoms with Gasteiger partial charge in [-0.2, -0.15) is 9.97 Å². The highest BCUT2D eigenvalue weighted by atomic mass is 16.5. The van der Waals surface area contributed by atoms with Gasteiger partial charge in [-0.15, -0.1) is 0 Å². The van der Waals surface area contributed by atoms with E-state index in [9.17, 15) is 0 Å². The topological polar surface area (TPSA) is 56.3 Å². The molecule has 0 saturated carbocycles. The van der Waals surface area contributed by atoms with Crippen LogP contribution in [0.25, 0.3) is 0 Å². The van der Waals surface area contributed by atoms with E-state index in [0.717, 1.165) is 0 Å². The molecule has 2 aromatic rings. The van der Waals surface area contributed by atoms with Gasteiger partial charge >= 0.3 is 0 Å². The van der Waals surface area contributed by atoms with Crippen molar-refractivity contribution in [1.82, 2.24) is 9.97 Å². The summed E-state index contributed by atoms with van der Waals surface area (Å²) in [7, 11) is 3.13. The van der Waals surface area contributed by atoms with E-state index in [0.29, 0.717) is 17.7 Å². The van der Waals surface area contributed by atoms with Crippen LogP contribution in [0.2, 0.25) is 0 Å². The number of rotatable bonds is 5. The zero-order valence-corrected chi connectivity index (χ0v) is 12.2. The molecule has 1 heterocycles. The van der Waals surface area contributed by atoms with E-state index >= 15 is 0 Å². The summed E-state index contributed by atoms with van der Waals surface area (Å²) in [5.41, 5.74) is 2.40. The fourth-order valence-electron chi connectivity index (χ4n) is 1.81. The minimum absolute atomic E-state index is 0.0902. The van der Waals surface area contributed by atoms with E-state index in [4.69, 9.17) is 9.47 Å². The van der Waals surface area contributed by atoms with Crippen LogP contribution in [0.15, 0.2) is 30.3 Å². The summed E-state index contributed by atoms with van der Waals surface area (Å²) in [6.45, 7) is 4.12. The molecule has 0 aliphatic rings. The average Bonchev–Trinajstić information content (AvgIpc) is 2.47. The highest BCUT2D eigenvalue weighted by molar-refractivity contribution is 5.37. The number of anilines is 1. The monoisotopic (exact) mass is 273 g/mol. The Bertz CT molecular complexity index is 548. The van der Waals surface area contributed by atoms with Gasteiger partial charge in [-0.3, -0.25) is 0 Å². The molecule has 0 bridgehead atoms. The van der Waals surface area contributed by atoms with Crippen LogP contribution in [0.3, 0.4) is 0 Å². The smallest absolute Gasteiger partial charge is 0.229 e. The third-order valence-electron chi connectivity index (χ3n) is 3.02. The molecule has 2 rings (SSSR count). The van der Waals surface area contributed by atoms with Gasteiger partial charge in [-0.05, 0) is 19.4 Å². The number of benzene rings is 1. The van der Waals surface area contributed by atoms with Gasteiger partial charge in [-0.25, -0.2) is 0 Å². The highest BCUT2D eigenvalue weighted by Crippen LogP contribution is 2.21. The number of hydrogen-bond donors (Lipinski definition) is 1. The number of ether oxygens (including phenoxy) is 2. The molecule has 0 amide bonds. The van der Waals surface area contributed by atoms with Gasteiger partial charge in [0.2, 0.25) is 17.7 Å². The Morgan fingerprint density at radius 3 is 2.05 bits per heavy atom. The number of nitrogens with one attached hydrogen (secondary N) is 1. The minimum atomic E-state index is 0.0902. The SMILES string of the molecule is COc1cc(OC)nc(NC(C)c2ccc(C)cc2)n1. The van der Waals surface area contributed by atoms with Crippen molar-refractivity contribution < 1.29 is 9.47 Å². The molecule has 1 atom stereocenters. The second-order valence-corrected chi connectivity index (χ2v) is 4.55. The quantitative estimate of drug-likeness (QED) is 0.907. The van der Waals surface area contributed by atoms with E-state index in [2.05, 4.69) is 53.4 Å². The molecule has 20 heavy (non-hydrogen) atoms. The molecular weight excluding hydrogens is 254 g/mol.